The maximum atomic E-state index is 10.6. The van der Waals surface area contributed by atoms with Crippen molar-refractivity contribution in [2.75, 3.05) is 11.5 Å². The number of aromatic nitrogens is 2. The molecule has 0 atom stereocenters. The molecule has 0 aliphatic carbocycles. The predicted octanol–water partition coefficient (Wildman–Crippen LogP) is 2.22. The summed E-state index contributed by atoms with van der Waals surface area (Å²) in [5.74, 6) is -2.03. The van der Waals surface area contributed by atoms with E-state index in [4.69, 9.17) is 40.9 Å². The molecule has 0 fully saturated rings. The first-order valence-corrected chi connectivity index (χ1v) is 11.1. The third kappa shape index (κ3) is 6.96. The number of anilines is 2. The molecule has 31 heavy (non-hydrogen) atoms. The maximum Gasteiger partial charge on any atom is 0.466 e. The first-order chi connectivity index (χ1) is 14.4. The molecule has 4 aromatic rings. The van der Waals surface area contributed by atoms with Gasteiger partial charge in [0.25, 0.3) is 0 Å². The van der Waals surface area contributed by atoms with Crippen LogP contribution >= 0.6 is 30.5 Å². The van der Waals surface area contributed by atoms with Gasteiger partial charge in [-0.25, -0.2) is 24.1 Å². The fourth-order valence-electron chi connectivity index (χ4n) is 2.12. The van der Waals surface area contributed by atoms with E-state index >= 15 is 0 Å². The van der Waals surface area contributed by atoms with Gasteiger partial charge in [-0.05, 0) is 24.3 Å². The van der Waals surface area contributed by atoms with Gasteiger partial charge in [0.05, 0.1) is 20.8 Å². The number of hydrogen-bond acceptors (Lipinski definition) is 9. The maximum absolute atomic E-state index is 10.6. The molecule has 2 heterocycles. The highest BCUT2D eigenvalue weighted by atomic mass is 32.1. The highest BCUT2D eigenvalue weighted by molar-refractivity contribution is 7.45. The fourth-order valence-corrected chi connectivity index (χ4v) is 3.80. The second kappa shape index (κ2) is 9.78. The van der Waals surface area contributed by atoms with E-state index in [1.165, 1.54) is 0 Å². The highest BCUT2D eigenvalue weighted by Gasteiger charge is 2.12. The third-order valence-corrected chi connectivity index (χ3v) is 5.28. The Morgan fingerprint density at radius 1 is 0.774 bits per heavy atom. The van der Waals surface area contributed by atoms with Crippen molar-refractivity contribution < 1.29 is 39.0 Å². The summed E-state index contributed by atoms with van der Waals surface area (Å²) in [5.41, 5.74) is 13.4. The molecule has 15 heteroatoms. The van der Waals surface area contributed by atoms with Crippen LogP contribution in [-0.2, 0) is 4.57 Å². The summed E-state index contributed by atoms with van der Waals surface area (Å²) < 4.78 is 10.5. The molecular weight excluding hydrogens is 471 g/mol. The van der Waals surface area contributed by atoms with Gasteiger partial charge in [0.1, 0.15) is 11.0 Å². The summed E-state index contributed by atoms with van der Waals surface area (Å²) in [7, 11) is -4.64. The number of hydrogen-bond donors (Lipinski definition) is 7. The summed E-state index contributed by atoms with van der Waals surface area (Å²) in [6, 6.07) is 10.6. The van der Waals surface area contributed by atoms with E-state index in [1.54, 1.807) is 36.4 Å². The number of carboxylic acid groups (broad SMARTS) is 2. The molecule has 0 spiro atoms. The molecule has 0 saturated carbocycles. The number of rotatable bonds is 2. The van der Waals surface area contributed by atoms with Crippen LogP contribution in [0.2, 0.25) is 0 Å². The quantitative estimate of drug-likeness (QED) is 0.160. The van der Waals surface area contributed by atoms with Crippen LogP contribution in [-0.4, -0.2) is 46.8 Å². The Balaban J connectivity index is 0.000000182. The van der Waals surface area contributed by atoms with Gasteiger partial charge in [0.15, 0.2) is 0 Å². The molecular formula is C16H15N4O8PS2. The Labute approximate surface area is 181 Å². The lowest BCUT2D eigenvalue weighted by Crippen LogP contribution is -1.94. The van der Waals surface area contributed by atoms with E-state index in [-0.39, 0.29) is 10.0 Å². The van der Waals surface area contributed by atoms with Crippen LogP contribution in [0.3, 0.4) is 0 Å². The van der Waals surface area contributed by atoms with Crippen molar-refractivity contribution >= 4 is 74.2 Å². The first-order valence-electron chi connectivity index (χ1n) is 7.91. The zero-order valence-corrected chi connectivity index (χ0v) is 17.8. The van der Waals surface area contributed by atoms with Gasteiger partial charge in [-0.2, -0.15) is 0 Å². The first kappa shape index (κ1) is 24.1. The van der Waals surface area contributed by atoms with Gasteiger partial charge < -0.3 is 36.4 Å². The smallest absolute Gasteiger partial charge is 0.466 e. The Bertz CT molecular complexity index is 1200. The number of carbonyl (C=O) groups is 2. The number of nitrogens with zero attached hydrogens (tertiary/aromatic N) is 2. The van der Waals surface area contributed by atoms with Gasteiger partial charge >= 0.3 is 19.8 Å². The standard InChI is InChI=1S/2C8H6N2O2S.H3O4P/c2*9-4-2-1-3-5-6(4)10-7(13-5)8(11)12;1-5(2,3)4/h2*1-3H,9H2,(H,11,12);(H3,1,2,3,4). The normalized spacial score (nSPS) is 10.7. The number of nitrogen functional groups attached to an aromatic ring is 2. The minimum atomic E-state index is -4.64. The number of carboxylic acids is 2. The van der Waals surface area contributed by atoms with Gasteiger partial charge in [-0.15, -0.1) is 22.7 Å². The molecule has 0 unspecified atom stereocenters. The summed E-state index contributed by atoms with van der Waals surface area (Å²) >= 11 is 2.26. The van der Waals surface area contributed by atoms with E-state index < -0.39 is 19.8 Å². The molecule has 12 nitrogen and oxygen atoms in total. The second-order valence-electron chi connectivity index (χ2n) is 5.55. The van der Waals surface area contributed by atoms with Crippen molar-refractivity contribution in [1.29, 1.82) is 0 Å². The lowest BCUT2D eigenvalue weighted by atomic mass is 10.3. The monoisotopic (exact) mass is 486 g/mol. The van der Waals surface area contributed by atoms with Crippen LogP contribution in [0.15, 0.2) is 36.4 Å². The van der Waals surface area contributed by atoms with Gasteiger partial charge in [-0.3, -0.25) is 0 Å². The molecule has 0 aliphatic rings. The number of thiazole rings is 2. The number of para-hydroxylation sites is 2. The Morgan fingerprint density at radius 3 is 1.35 bits per heavy atom. The van der Waals surface area contributed by atoms with Crippen LogP contribution in [0.4, 0.5) is 11.4 Å². The van der Waals surface area contributed by atoms with E-state index in [1.807, 2.05) is 0 Å². The second-order valence-corrected chi connectivity index (χ2v) is 8.64. The average molecular weight is 486 g/mol. The van der Waals surface area contributed by atoms with E-state index in [0.29, 0.717) is 22.4 Å². The predicted molar refractivity (Wildman–Crippen MR) is 116 cm³/mol. The van der Waals surface area contributed by atoms with Gasteiger partial charge in [0, 0.05) is 0 Å². The van der Waals surface area contributed by atoms with Crippen LogP contribution in [0, 0.1) is 0 Å². The largest absolute Gasteiger partial charge is 0.476 e. The van der Waals surface area contributed by atoms with Crippen LogP contribution in [0.25, 0.3) is 20.4 Å². The lowest BCUT2D eigenvalue weighted by molar-refractivity contribution is 0.0686. The Hall–Kier alpha value is -3.13. The van der Waals surface area contributed by atoms with Crippen LogP contribution in [0.1, 0.15) is 19.6 Å². The van der Waals surface area contributed by atoms with Gasteiger partial charge in [-0.1, -0.05) is 12.1 Å². The molecule has 2 aromatic heterocycles. The van der Waals surface area contributed by atoms with E-state index in [0.717, 1.165) is 32.1 Å². The average Bonchev–Trinajstić information content (AvgIpc) is 3.26. The lowest BCUT2D eigenvalue weighted by Gasteiger charge is -1.90. The number of benzene rings is 2. The molecule has 0 aliphatic heterocycles. The zero-order chi connectivity index (χ0) is 23.3. The van der Waals surface area contributed by atoms with Crippen molar-refractivity contribution in [2.45, 2.75) is 0 Å². The van der Waals surface area contributed by atoms with Crippen molar-refractivity contribution in [3.05, 3.63) is 46.4 Å². The highest BCUT2D eigenvalue weighted by Crippen LogP contribution is 2.27. The Morgan fingerprint density at radius 2 is 1.10 bits per heavy atom. The van der Waals surface area contributed by atoms with Crippen molar-refractivity contribution in [1.82, 2.24) is 9.97 Å². The summed E-state index contributed by atoms with van der Waals surface area (Å²) in [4.78, 5) is 50.6. The Kier molecular flexibility index (Phi) is 7.62. The van der Waals surface area contributed by atoms with Crippen molar-refractivity contribution in [3.63, 3.8) is 0 Å². The molecule has 0 radical (unpaired) electrons. The SMILES string of the molecule is Nc1cccc2sc(C(=O)O)nc12.Nc1cccc2sc(C(=O)O)nc12.O=P(O)(O)O. The number of nitrogens with two attached hydrogens (primary N) is 2. The third-order valence-electron chi connectivity index (χ3n) is 3.27. The molecule has 0 saturated heterocycles. The summed E-state index contributed by atoms with van der Waals surface area (Å²) in [6.07, 6.45) is 0. The number of aromatic carboxylic acids is 2. The fraction of sp³-hybridized carbons (Fsp3) is 0. The molecule has 0 bridgehead atoms. The summed E-state index contributed by atoms with van der Waals surface area (Å²) in [6.45, 7) is 0. The topological polar surface area (TPSA) is 230 Å². The minimum absolute atomic E-state index is 0.0768. The molecule has 2 aromatic carbocycles. The van der Waals surface area contributed by atoms with Gasteiger partial charge in [0.2, 0.25) is 10.0 Å². The molecule has 9 N–H and O–H groups in total. The number of fused-ring (bicyclic) bond motifs is 2. The molecule has 4 rings (SSSR count). The van der Waals surface area contributed by atoms with E-state index in [2.05, 4.69) is 9.97 Å². The van der Waals surface area contributed by atoms with Crippen molar-refractivity contribution in [2.24, 2.45) is 0 Å². The molecule has 164 valence electrons. The van der Waals surface area contributed by atoms with Crippen molar-refractivity contribution in [3.8, 4) is 0 Å². The zero-order valence-electron chi connectivity index (χ0n) is 15.2. The van der Waals surface area contributed by atoms with E-state index in [9.17, 15) is 9.59 Å². The number of phosphoric acid groups is 1. The van der Waals surface area contributed by atoms with Crippen LogP contribution in [0.5, 0.6) is 0 Å². The van der Waals surface area contributed by atoms with Crippen LogP contribution < -0.4 is 11.5 Å². The molecule has 0 amide bonds. The summed E-state index contributed by atoms with van der Waals surface area (Å²) in [5, 5.41) is 17.5. The minimum Gasteiger partial charge on any atom is -0.476 e.